The Morgan fingerprint density at radius 2 is 2.44 bits per heavy atom. The maximum Gasteiger partial charge on any atom is 0.0476 e. The van der Waals surface area contributed by atoms with Crippen LogP contribution >= 0.6 is 11.8 Å². The molecule has 0 aromatic heterocycles. The SMILES string of the molecule is CC1=CC2(C)SC2C=C1. The fraction of sp³-hybridized carbons (Fsp3) is 0.500. The molecule has 0 aromatic carbocycles. The van der Waals surface area contributed by atoms with Crippen molar-refractivity contribution in [2.24, 2.45) is 0 Å². The molecule has 2 rings (SSSR count). The van der Waals surface area contributed by atoms with Crippen LogP contribution in [0.3, 0.4) is 0 Å². The third-order valence-corrected chi connectivity index (χ3v) is 3.46. The van der Waals surface area contributed by atoms with Crippen LogP contribution in [0.4, 0.5) is 0 Å². The van der Waals surface area contributed by atoms with Crippen molar-refractivity contribution >= 4 is 11.8 Å². The predicted molar refractivity (Wildman–Crippen MR) is 42.7 cm³/mol. The Morgan fingerprint density at radius 1 is 1.67 bits per heavy atom. The average molecular weight is 138 g/mol. The first-order chi connectivity index (χ1) is 4.21. The van der Waals surface area contributed by atoms with E-state index in [0.29, 0.717) is 4.75 Å². The van der Waals surface area contributed by atoms with Crippen molar-refractivity contribution in [3.8, 4) is 0 Å². The standard InChI is InChI=1S/C8H10S/c1-6-3-4-7-8(2,5-6)9-7/h3-5,7H,1-2H3. The van der Waals surface area contributed by atoms with Crippen molar-refractivity contribution in [1.29, 1.82) is 0 Å². The highest BCUT2D eigenvalue weighted by atomic mass is 32.2. The summed E-state index contributed by atoms with van der Waals surface area (Å²) in [4.78, 5) is 0. The number of rotatable bonds is 0. The lowest BCUT2D eigenvalue weighted by molar-refractivity contribution is 0.909. The van der Waals surface area contributed by atoms with E-state index in [1.807, 2.05) is 11.8 Å². The van der Waals surface area contributed by atoms with Gasteiger partial charge in [-0.1, -0.05) is 23.8 Å². The lowest BCUT2D eigenvalue weighted by Gasteiger charge is -2.05. The van der Waals surface area contributed by atoms with Crippen LogP contribution in [0.1, 0.15) is 13.8 Å². The summed E-state index contributed by atoms with van der Waals surface area (Å²) < 4.78 is 0.485. The molecule has 1 saturated heterocycles. The van der Waals surface area contributed by atoms with Crippen molar-refractivity contribution in [3.05, 3.63) is 23.8 Å². The highest BCUT2D eigenvalue weighted by Gasteiger charge is 2.48. The number of allylic oxidation sites excluding steroid dienone is 2. The Labute approximate surface area is 60.0 Å². The monoisotopic (exact) mass is 138 g/mol. The molecule has 0 saturated carbocycles. The molecule has 2 aliphatic rings. The van der Waals surface area contributed by atoms with Gasteiger partial charge in [-0.05, 0) is 13.8 Å². The predicted octanol–water partition coefficient (Wildman–Crippen LogP) is 2.38. The molecule has 1 aliphatic heterocycles. The van der Waals surface area contributed by atoms with Crippen molar-refractivity contribution < 1.29 is 0 Å². The van der Waals surface area contributed by atoms with Crippen LogP contribution in [-0.4, -0.2) is 10.00 Å². The Hall–Kier alpha value is -0.170. The first-order valence-electron chi connectivity index (χ1n) is 3.26. The molecule has 0 N–H and O–H groups in total. The summed E-state index contributed by atoms with van der Waals surface area (Å²) in [5, 5.41) is 0.793. The van der Waals surface area contributed by atoms with Crippen LogP contribution in [0.15, 0.2) is 23.8 Å². The van der Waals surface area contributed by atoms with Gasteiger partial charge in [0.1, 0.15) is 0 Å². The minimum Gasteiger partial charge on any atom is -0.140 e. The molecule has 9 heavy (non-hydrogen) atoms. The molecule has 2 atom stereocenters. The average Bonchev–Trinajstić information content (AvgIpc) is 2.38. The Kier molecular flexibility index (Phi) is 0.907. The van der Waals surface area contributed by atoms with Crippen LogP contribution in [0.5, 0.6) is 0 Å². The van der Waals surface area contributed by atoms with Gasteiger partial charge in [0.15, 0.2) is 0 Å². The van der Waals surface area contributed by atoms with E-state index in [4.69, 9.17) is 0 Å². The lowest BCUT2D eigenvalue weighted by atomic mass is 9.99. The molecule has 1 fully saturated rings. The fourth-order valence-corrected chi connectivity index (χ4v) is 2.36. The smallest absolute Gasteiger partial charge is 0.0476 e. The normalized spacial score (nSPS) is 46.0. The summed E-state index contributed by atoms with van der Waals surface area (Å²) in [6, 6.07) is 0. The van der Waals surface area contributed by atoms with Gasteiger partial charge in [0.2, 0.25) is 0 Å². The van der Waals surface area contributed by atoms with Gasteiger partial charge in [-0.15, -0.1) is 11.8 Å². The van der Waals surface area contributed by atoms with Gasteiger partial charge < -0.3 is 0 Å². The van der Waals surface area contributed by atoms with Crippen molar-refractivity contribution in [3.63, 3.8) is 0 Å². The molecule has 1 heterocycles. The summed E-state index contributed by atoms with van der Waals surface area (Å²) in [7, 11) is 0. The van der Waals surface area contributed by atoms with E-state index >= 15 is 0 Å². The summed E-state index contributed by atoms with van der Waals surface area (Å²) >= 11 is 2.04. The quantitative estimate of drug-likeness (QED) is 0.463. The topological polar surface area (TPSA) is 0 Å². The fourth-order valence-electron chi connectivity index (χ4n) is 1.33. The van der Waals surface area contributed by atoms with Crippen molar-refractivity contribution in [2.75, 3.05) is 0 Å². The van der Waals surface area contributed by atoms with Gasteiger partial charge in [-0.2, -0.15) is 0 Å². The molecule has 0 aromatic rings. The molecule has 0 nitrogen and oxygen atoms in total. The third kappa shape index (κ3) is 0.751. The maximum atomic E-state index is 2.36. The number of hydrogen-bond donors (Lipinski definition) is 0. The summed E-state index contributed by atoms with van der Waals surface area (Å²) in [6.45, 7) is 4.46. The van der Waals surface area contributed by atoms with E-state index in [9.17, 15) is 0 Å². The van der Waals surface area contributed by atoms with Crippen LogP contribution < -0.4 is 0 Å². The van der Waals surface area contributed by atoms with E-state index < -0.39 is 0 Å². The first kappa shape index (κ1) is 5.60. The molecule has 1 heteroatoms. The second-order valence-electron chi connectivity index (χ2n) is 2.97. The zero-order valence-electron chi connectivity index (χ0n) is 5.72. The van der Waals surface area contributed by atoms with Gasteiger partial charge in [-0.3, -0.25) is 0 Å². The van der Waals surface area contributed by atoms with Gasteiger partial charge in [0.25, 0.3) is 0 Å². The highest BCUT2D eigenvalue weighted by molar-refractivity contribution is 8.09. The molecular formula is C8H10S. The number of hydrogen-bond acceptors (Lipinski definition) is 1. The molecule has 0 bridgehead atoms. The Bertz CT molecular complexity index is 203. The van der Waals surface area contributed by atoms with E-state index in [2.05, 4.69) is 32.1 Å². The summed E-state index contributed by atoms with van der Waals surface area (Å²) in [5.74, 6) is 0. The molecule has 0 amide bonds. The molecule has 2 unspecified atom stereocenters. The van der Waals surface area contributed by atoms with E-state index in [-0.39, 0.29) is 0 Å². The number of thioether (sulfide) groups is 1. The van der Waals surface area contributed by atoms with Crippen LogP contribution in [0.25, 0.3) is 0 Å². The zero-order valence-corrected chi connectivity index (χ0v) is 6.53. The van der Waals surface area contributed by atoms with E-state index in [1.54, 1.807) is 0 Å². The Balaban J connectivity index is 2.34. The lowest BCUT2D eigenvalue weighted by Crippen LogP contribution is -2.06. The minimum atomic E-state index is 0.485. The first-order valence-corrected chi connectivity index (χ1v) is 4.14. The van der Waals surface area contributed by atoms with Crippen LogP contribution in [-0.2, 0) is 0 Å². The largest absolute Gasteiger partial charge is 0.140 e. The summed E-state index contributed by atoms with van der Waals surface area (Å²) in [6.07, 6.45) is 6.88. The van der Waals surface area contributed by atoms with Gasteiger partial charge in [0, 0.05) is 10.00 Å². The van der Waals surface area contributed by atoms with Crippen LogP contribution in [0.2, 0.25) is 0 Å². The van der Waals surface area contributed by atoms with Gasteiger partial charge in [0.05, 0.1) is 0 Å². The van der Waals surface area contributed by atoms with Crippen molar-refractivity contribution in [2.45, 2.75) is 23.8 Å². The molecule has 1 aliphatic carbocycles. The van der Waals surface area contributed by atoms with E-state index in [0.717, 1.165) is 5.25 Å². The van der Waals surface area contributed by atoms with E-state index in [1.165, 1.54) is 5.57 Å². The van der Waals surface area contributed by atoms with Gasteiger partial charge in [-0.25, -0.2) is 0 Å². The number of fused-ring (bicyclic) bond motifs is 1. The second kappa shape index (κ2) is 1.46. The second-order valence-corrected chi connectivity index (χ2v) is 4.59. The molecule has 48 valence electrons. The van der Waals surface area contributed by atoms with Crippen LogP contribution in [0, 0.1) is 0 Å². The molecular weight excluding hydrogens is 128 g/mol. The third-order valence-electron chi connectivity index (χ3n) is 1.94. The Morgan fingerprint density at radius 3 is 3.00 bits per heavy atom. The molecule has 0 radical (unpaired) electrons. The molecule has 0 spiro atoms. The zero-order chi connectivity index (χ0) is 6.48. The maximum absolute atomic E-state index is 2.36. The van der Waals surface area contributed by atoms with Gasteiger partial charge >= 0.3 is 0 Å². The minimum absolute atomic E-state index is 0.485. The highest BCUT2D eigenvalue weighted by Crippen LogP contribution is 2.57. The van der Waals surface area contributed by atoms with Crippen molar-refractivity contribution in [1.82, 2.24) is 0 Å². The summed E-state index contributed by atoms with van der Waals surface area (Å²) in [5.41, 5.74) is 1.42.